The zero-order valence-electron chi connectivity index (χ0n) is 17.6. The van der Waals surface area contributed by atoms with Gasteiger partial charge in [-0.3, -0.25) is 9.59 Å². The van der Waals surface area contributed by atoms with Crippen molar-refractivity contribution < 1.29 is 17.9 Å². The van der Waals surface area contributed by atoms with Crippen molar-refractivity contribution in [3.63, 3.8) is 0 Å². The van der Waals surface area contributed by atoms with E-state index in [0.29, 0.717) is 49.6 Å². The molecule has 166 valence electrons. The number of aromatic amines is 1. The number of likely N-dealkylation sites (tertiary alicyclic amines) is 1. The van der Waals surface area contributed by atoms with Gasteiger partial charge in [0, 0.05) is 38.5 Å². The van der Waals surface area contributed by atoms with Crippen LogP contribution in [0.25, 0.3) is 0 Å². The molecule has 0 saturated carbocycles. The van der Waals surface area contributed by atoms with E-state index in [1.807, 2.05) is 24.3 Å². The molecule has 0 bridgehead atoms. The number of ether oxygens (including phenoxy) is 1. The summed E-state index contributed by atoms with van der Waals surface area (Å²) >= 11 is 0. The molecule has 31 heavy (non-hydrogen) atoms. The summed E-state index contributed by atoms with van der Waals surface area (Å²) in [4.78, 5) is 34.6. The predicted molar refractivity (Wildman–Crippen MR) is 114 cm³/mol. The van der Waals surface area contributed by atoms with Crippen LogP contribution in [-0.2, 0) is 34.2 Å². The predicted octanol–water partition coefficient (Wildman–Crippen LogP) is 0.655. The molecule has 1 fully saturated rings. The molecule has 1 saturated heterocycles. The summed E-state index contributed by atoms with van der Waals surface area (Å²) in [6.07, 6.45) is 2.56. The Balaban J connectivity index is 1.45. The molecule has 0 radical (unpaired) electrons. The summed E-state index contributed by atoms with van der Waals surface area (Å²) in [7, 11) is -1.76. The summed E-state index contributed by atoms with van der Waals surface area (Å²) in [6, 6.07) is 7.46. The number of carbonyl (C=O) groups is 1. The number of H-pyrrole nitrogens is 1. The first-order chi connectivity index (χ1) is 14.7. The monoisotopic (exact) mass is 446 g/mol. The third-order valence-corrected chi connectivity index (χ3v) is 7.19. The van der Waals surface area contributed by atoms with Crippen molar-refractivity contribution in [1.82, 2.24) is 19.2 Å². The first-order valence-electron chi connectivity index (χ1n) is 10.2. The standard InChI is InChI=1S/C21H26N4O5S/c1-30-16-5-3-4-14(10-16)11-19(26)24-8-6-15(12-24)20-22-18-7-9-25(31(2,28)29)13-17(18)21(27)23-20/h3-5,10,15H,6-9,11-13H2,1-2H3,(H,22,23,27). The fourth-order valence-electron chi connectivity index (χ4n) is 4.17. The first-order valence-corrected chi connectivity index (χ1v) is 12.1. The molecule has 0 spiro atoms. The van der Waals surface area contributed by atoms with E-state index in [4.69, 9.17) is 4.74 Å². The number of methoxy groups -OCH3 is 1. The summed E-state index contributed by atoms with van der Waals surface area (Å²) in [6.45, 7) is 1.47. The topological polar surface area (TPSA) is 113 Å². The number of sulfonamides is 1. The molecule has 1 amide bonds. The number of hydrogen-bond acceptors (Lipinski definition) is 6. The van der Waals surface area contributed by atoms with Crippen LogP contribution in [-0.4, -0.2) is 66.5 Å². The second-order valence-electron chi connectivity index (χ2n) is 8.08. The van der Waals surface area contributed by atoms with Crippen LogP contribution in [0.4, 0.5) is 0 Å². The quantitative estimate of drug-likeness (QED) is 0.722. The second kappa shape index (κ2) is 8.43. The highest BCUT2D eigenvalue weighted by molar-refractivity contribution is 7.88. The Morgan fingerprint density at radius 2 is 2.13 bits per heavy atom. The van der Waals surface area contributed by atoms with Gasteiger partial charge >= 0.3 is 0 Å². The normalized spacial score (nSPS) is 19.3. The maximum Gasteiger partial charge on any atom is 0.255 e. The second-order valence-corrected chi connectivity index (χ2v) is 10.1. The molecule has 1 atom stereocenters. The smallest absolute Gasteiger partial charge is 0.255 e. The molecule has 1 aromatic carbocycles. The maximum atomic E-state index is 12.8. The fourth-order valence-corrected chi connectivity index (χ4v) is 4.96. The minimum Gasteiger partial charge on any atom is -0.497 e. The highest BCUT2D eigenvalue weighted by atomic mass is 32.2. The van der Waals surface area contributed by atoms with E-state index in [1.165, 1.54) is 4.31 Å². The van der Waals surface area contributed by atoms with Crippen LogP contribution >= 0.6 is 0 Å². The highest BCUT2D eigenvalue weighted by Gasteiger charge is 2.31. The van der Waals surface area contributed by atoms with Crippen molar-refractivity contribution in [3.05, 3.63) is 57.3 Å². The number of aromatic nitrogens is 2. The van der Waals surface area contributed by atoms with E-state index in [9.17, 15) is 18.0 Å². The van der Waals surface area contributed by atoms with Gasteiger partial charge in [-0.15, -0.1) is 0 Å². The minimum atomic E-state index is -3.36. The number of fused-ring (bicyclic) bond motifs is 1. The van der Waals surface area contributed by atoms with E-state index < -0.39 is 10.0 Å². The van der Waals surface area contributed by atoms with Gasteiger partial charge in [0.15, 0.2) is 0 Å². The van der Waals surface area contributed by atoms with Gasteiger partial charge < -0.3 is 14.6 Å². The summed E-state index contributed by atoms with van der Waals surface area (Å²) in [5.74, 6) is 1.28. The molecule has 3 heterocycles. The van der Waals surface area contributed by atoms with Crippen molar-refractivity contribution in [2.45, 2.75) is 31.7 Å². The van der Waals surface area contributed by atoms with Gasteiger partial charge in [0.05, 0.1) is 31.0 Å². The lowest BCUT2D eigenvalue weighted by molar-refractivity contribution is -0.129. The molecule has 9 nitrogen and oxygen atoms in total. The number of nitrogens with zero attached hydrogens (tertiary/aromatic N) is 3. The van der Waals surface area contributed by atoms with Crippen molar-refractivity contribution >= 4 is 15.9 Å². The van der Waals surface area contributed by atoms with Crippen molar-refractivity contribution in [2.24, 2.45) is 0 Å². The van der Waals surface area contributed by atoms with Gasteiger partial charge in [-0.25, -0.2) is 13.4 Å². The Labute approximate surface area is 181 Å². The van der Waals surface area contributed by atoms with Crippen LogP contribution in [0.1, 0.15) is 35.0 Å². The number of hydrogen-bond donors (Lipinski definition) is 1. The van der Waals surface area contributed by atoms with Crippen LogP contribution in [0.15, 0.2) is 29.1 Å². The third-order valence-electron chi connectivity index (χ3n) is 5.94. The fraction of sp³-hybridized carbons (Fsp3) is 0.476. The molecule has 4 rings (SSSR count). The lowest BCUT2D eigenvalue weighted by atomic mass is 10.1. The first kappa shape index (κ1) is 21.5. The van der Waals surface area contributed by atoms with Gasteiger partial charge in [-0.2, -0.15) is 4.31 Å². The van der Waals surface area contributed by atoms with Gasteiger partial charge in [-0.1, -0.05) is 12.1 Å². The molecule has 2 aliphatic rings. The number of nitrogens with one attached hydrogen (secondary N) is 1. The van der Waals surface area contributed by atoms with E-state index in [0.717, 1.165) is 24.0 Å². The lowest BCUT2D eigenvalue weighted by Gasteiger charge is -2.26. The average molecular weight is 447 g/mol. The average Bonchev–Trinajstić information content (AvgIpc) is 3.23. The van der Waals surface area contributed by atoms with Crippen LogP contribution in [0.3, 0.4) is 0 Å². The van der Waals surface area contributed by atoms with Gasteiger partial charge in [-0.05, 0) is 24.1 Å². The van der Waals surface area contributed by atoms with Gasteiger partial charge in [0.25, 0.3) is 5.56 Å². The lowest BCUT2D eigenvalue weighted by Crippen LogP contribution is -2.39. The van der Waals surface area contributed by atoms with Crippen LogP contribution in [0.2, 0.25) is 0 Å². The van der Waals surface area contributed by atoms with E-state index in [-0.39, 0.29) is 23.9 Å². The Morgan fingerprint density at radius 3 is 2.87 bits per heavy atom. The van der Waals surface area contributed by atoms with E-state index in [1.54, 1.807) is 12.0 Å². The zero-order valence-corrected chi connectivity index (χ0v) is 18.4. The molecular weight excluding hydrogens is 420 g/mol. The summed E-state index contributed by atoms with van der Waals surface area (Å²) in [5, 5.41) is 0. The SMILES string of the molecule is COc1cccc(CC(=O)N2CCC(c3nc4c(c(=O)[nH]3)CN(S(C)(=O)=O)CC4)C2)c1. The molecule has 2 aliphatic heterocycles. The largest absolute Gasteiger partial charge is 0.497 e. The Bertz CT molecular complexity index is 1160. The van der Waals surface area contributed by atoms with Crippen molar-refractivity contribution in [1.29, 1.82) is 0 Å². The van der Waals surface area contributed by atoms with E-state index in [2.05, 4.69) is 9.97 Å². The Kier molecular flexibility index (Phi) is 5.85. The molecular formula is C21H26N4O5S. The third kappa shape index (κ3) is 4.64. The minimum absolute atomic E-state index is 0.0276. The number of rotatable bonds is 5. The Hall–Kier alpha value is -2.72. The molecule has 2 aromatic rings. The van der Waals surface area contributed by atoms with Gasteiger partial charge in [0.1, 0.15) is 11.6 Å². The number of carbonyl (C=O) groups excluding carboxylic acids is 1. The summed E-state index contributed by atoms with van der Waals surface area (Å²) < 4.78 is 30.1. The molecule has 1 N–H and O–H groups in total. The zero-order chi connectivity index (χ0) is 22.2. The molecule has 10 heteroatoms. The highest BCUT2D eigenvalue weighted by Crippen LogP contribution is 2.26. The van der Waals surface area contributed by atoms with Crippen LogP contribution < -0.4 is 10.3 Å². The summed E-state index contributed by atoms with van der Waals surface area (Å²) in [5.41, 5.74) is 1.65. The molecule has 1 aromatic heterocycles. The van der Waals surface area contributed by atoms with E-state index >= 15 is 0 Å². The molecule has 1 unspecified atom stereocenters. The van der Waals surface area contributed by atoms with Gasteiger partial charge in [0.2, 0.25) is 15.9 Å². The van der Waals surface area contributed by atoms with Crippen molar-refractivity contribution in [3.8, 4) is 5.75 Å². The van der Waals surface area contributed by atoms with Crippen molar-refractivity contribution in [2.75, 3.05) is 33.0 Å². The number of benzene rings is 1. The maximum absolute atomic E-state index is 12.8. The van der Waals surface area contributed by atoms with Crippen LogP contribution in [0, 0.1) is 0 Å². The number of amides is 1. The molecule has 0 aliphatic carbocycles. The van der Waals surface area contributed by atoms with Crippen LogP contribution in [0.5, 0.6) is 5.75 Å². The Morgan fingerprint density at radius 1 is 1.32 bits per heavy atom.